The van der Waals surface area contributed by atoms with E-state index in [-0.39, 0.29) is 18.4 Å². The molecule has 1 aromatic carbocycles. The molecule has 1 atom stereocenters. The lowest BCUT2D eigenvalue weighted by Crippen LogP contribution is -2.44. The Labute approximate surface area is 148 Å². The van der Waals surface area contributed by atoms with Gasteiger partial charge in [-0.1, -0.05) is 30.3 Å². The predicted molar refractivity (Wildman–Crippen MR) is 95.7 cm³/mol. The molecule has 1 fully saturated rings. The van der Waals surface area contributed by atoms with Crippen molar-refractivity contribution in [2.75, 3.05) is 26.2 Å². The van der Waals surface area contributed by atoms with Gasteiger partial charge in [-0.2, -0.15) is 0 Å². The molecule has 2 heterocycles. The maximum atomic E-state index is 12.9. The molecule has 0 aliphatic carbocycles. The molecule has 1 aliphatic rings. The number of benzene rings is 1. The molecule has 1 N–H and O–H groups in total. The lowest BCUT2D eigenvalue weighted by Gasteiger charge is -2.33. The number of carbonyl (C=O) groups excluding carboxylic acids is 1. The number of rotatable bonds is 7. The summed E-state index contributed by atoms with van der Waals surface area (Å²) in [7, 11) is 0. The number of carbonyl (C=O) groups is 1. The lowest BCUT2D eigenvalue weighted by atomic mass is 9.99. The molecule has 25 heavy (non-hydrogen) atoms. The van der Waals surface area contributed by atoms with E-state index in [4.69, 9.17) is 4.42 Å². The molecule has 134 valence electrons. The minimum absolute atomic E-state index is 0.0962. The highest BCUT2D eigenvalue weighted by atomic mass is 16.3. The smallest absolute Gasteiger partial charge is 0.237 e. The van der Waals surface area contributed by atoms with Crippen molar-refractivity contribution in [1.82, 2.24) is 9.80 Å². The Morgan fingerprint density at radius 3 is 2.76 bits per heavy atom. The van der Waals surface area contributed by atoms with E-state index in [1.807, 2.05) is 47.4 Å². The standard InChI is InChI=1S/C20H26N2O3/c23-16-18-8-4-10-21(12-18)15-20(24)22(14-19-9-5-11-25-19)13-17-6-2-1-3-7-17/h1-3,5-7,9,11,18,23H,4,8,10,12-16H2. The van der Waals surface area contributed by atoms with E-state index >= 15 is 0 Å². The van der Waals surface area contributed by atoms with Crippen molar-refractivity contribution < 1.29 is 14.3 Å². The first kappa shape index (κ1) is 17.7. The number of aliphatic hydroxyl groups excluding tert-OH is 1. The summed E-state index contributed by atoms with van der Waals surface area (Å²) in [5, 5.41) is 9.38. The summed E-state index contributed by atoms with van der Waals surface area (Å²) >= 11 is 0. The molecule has 5 heteroatoms. The van der Waals surface area contributed by atoms with Crippen LogP contribution in [-0.2, 0) is 17.9 Å². The molecule has 1 saturated heterocycles. The quantitative estimate of drug-likeness (QED) is 0.840. The zero-order valence-electron chi connectivity index (χ0n) is 14.5. The molecule has 1 aliphatic heterocycles. The van der Waals surface area contributed by atoms with Crippen LogP contribution in [0.3, 0.4) is 0 Å². The largest absolute Gasteiger partial charge is 0.467 e. The van der Waals surface area contributed by atoms with Crippen LogP contribution in [0.25, 0.3) is 0 Å². The number of aliphatic hydroxyl groups is 1. The first-order chi connectivity index (χ1) is 12.2. The SMILES string of the molecule is O=C(CN1CCCC(CO)C1)N(Cc1ccccc1)Cc1ccco1. The van der Waals surface area contributed by atoms with E-state index in [0.29, 0.717) is 19.6 Å². The van der Waals surface area contributed by atoms with Crippen LogP contribution in [-0.4, -0.2) is 47.1 Å². The molecule has 1 unspecified atom stereocenters. The van der Waals surface area contributed by atoms with E-state index < -0.39 is 0 Å². The number of amides is 1. The van der Waals surface area contributed by atoms with Crippen LogP contribution in [0.15, 0.2) is 53.1 Å². The van der Waals surface area contributed by atoms with Gasteiger partial charge in [0.1, 0.15) is 5.76 Å². The molecule has 5 nitrogen and oxygen atoms in total. The van der Waals surface area contributed by atoms with Gasteiger partial charge in [-0.05, 0) is 43.0 Å². The highest BCUT2D eigenvalue weighted by molar-refractivity contribution is 5.78. The Kier molecular flexibility index (Phi) is 6.25. The van der Waals surface area contributed by atoms with E-state index in [1.165, 1.54) is 0 Å². The highest BCUT2D eigenvalue weighted by Gasteiger charge is 2.24. The van der Waals surface area contributed by atoms with Crippen molar-refractivity contribution in [2.45, 2.75) is 25.9 Å². The fourth-order valence-corrected chi connectivity index (χ4v) is 3.36. The Bertz CT molecular complexity index is 642. The van der Waals surface area contributed by atoms with Crippen molar-refractivity contribution in [1.29, 1.82) is 0 Å². The van der Waals surface area contributed by atoms with E-state index in [1.54, 1.807) is 6.26 Å². The first-order valence-electron chi connectivity index (χ1n) is 8.92. The third kappa shape index (κ3) is 5.18. The topological polar surface area (TPSA) is 56.9 Å². The Hall–Kier alpha value is -2.11. The Balaban J connectivity index is 1.65. The van der Waals surface area contributed by atoms with Crippen molar-refractivity contribution in [3.05, 3.63) is 60.1 Å². The second kappa shape index (κ2) is 8.83. The second-order valence-electron chi connectivity index (χ2n) is 6.74. The monoisotopic (exact) mass is 342 g/mol. The Morgan fingerprint density at radius 1 is 1.20 bits per heavy atom. The summed E-state index contributed by atoms with van der Waals surface area (Å²) in [4.78, 5) is 16.9. The van der Waals surface area contributed by atoms with E-state index in [2.05, 4.69) is 4.90 Å². The molecule has 1 aromatic heterocycles. The van der Waals surface area contributed by atoms with Gasteiger partial charge in [-0.15, -0.1) is 0 Å². The van der Waals surface area contributed by atoms with Crippen molar-refractivity contribution in [2.24, 2.45) is 5.92 Å². The zero-order chi connectivity index (χ0) is 17.5. The summed E-state index contributed by atoms with van der Waals surface area (Å²) in [5.41, 5.74) is 1.11. The fraction of sp³-hybridized carbons (Fsp3) is 0.450. The van der Waals surface area contributed by atoms with Crippen LogP contribution in [0.1, 0.15) is 24.2 Å². The fourth-order valence-electron chi connectivity index (χ4n) is 3.36. The summed E-state index contributed by atoms with van der Waals surface area (Å²) in [6.45, 7) is 3.34. The van der Waals surface area contributed by atoms with Crippen LogP contribution < -0.4 is 0 Å². The molecule has 1 amide bonds. The average molecular weight is 342 g/mol. The summed E-state index contributed by atoms with van der Waals surface area (Å²) in [5.74, 6) is 1.17. The molecule has 0 saturated carbocycles. The summed E-state index contributed by atoms with van der Waals surface area (Å²) < 4.78 is 5.44. The van der Waals surface area contributed by atoms with Gasteiger partial charge in [0.15, 0.2) is 0 Å². The third-order valence-corrected chi connectivity index (χ3v) is 4.72. The Morgan fingerprint density at radius 2 is 2.04 bits per heavy atom. The average Bonchev–Trinajstić information content (AvgIpc) is 3.15. The van der Waals surface area contributed by atoms with Gasteiger partial charge in [-0.3, -0.25) is 9.69 Å². The minimum Gasteiger partial charge on any atom is -0.467 e. The van der Waals surface area contributed by atoms with Gasteiger partial charge in [0.05, 0.1) is 19.4 Å². The number of hydrogen-bond acceptors (Lipinski definition) is 4. The van der Waals surface area contributed by atoms with Crippen LogP contribution in [0, 0.1) is 5.92 Å². The second-order valence-corrected chi connectivity index (χ2v) is 6.74. The van der Waals surface area contributed by atoms with Crippen LogP contribution in [0.2, 0.25) is 0 Å². The molecule has 3 rings (SSSR count). The minimum atomic E-state index is 0.0962. The maximum absolute atomic E-state index is 12.9. The summed E-state index contributed by atoms with van der Waals surface area (Å²) in [6.07, 6.45) is 3.72. The maximum Gasteiger partial charge on any atom is 0.237 e. The number of piperidine rings is 1. The number of furan rings is 1. The van der Waals surface area contributed by atoms with Crippen molar-refractivity contribution in [3.8, 4) is 0 Å². The van der Waals surface area contributed by atoms with Crippen molar-refractivity contribution in [3.63, 3.8) is 0 Å². The van der Waals surface area contributed by atoms with Gasteiger partial charge in [0.2, 0.25) is 5.91 Å². The number of nitrogens with zero attached hydrogens (tertiary/aromatic N) is 2. The van der Waals surface area contributed by atoms with Gasteiger partial charge in [0, 0.05) is 19.7 Å². The molecule has 0 radical (unpaired) electrons. The molecule has 0 spiro atoms. The van der Waals surface area contributed by atoms with Crippen molar-refractivity contribution >= 4 is 5.91 Å². The summed E-state index contributed by atoms with van der Waals surface area (Å²) in [6, 6.07) is 13.8. The normalized spacial score (nSPS) is 18.2. The van der Waals surface area contributed by atoms with Crippen LogP contribution in [0.4, 0.5) is 0 Å². The third-order valence-electron chi connectivity index (χ3n) is 4.72. The van der Waals surface area contributed by atoms with Crippen LogP contribution >= 0.6 is 0 Å². The van der Waals surface area contributed by atoms with E-state index in [0.717, 1.165) is 37.3 Å². The van der Waals surface area contributed by atoms with Gasteiger partial charge in [0.25, 0.3) is 0 Å². The zero-order valence-corrected chi connectivity index (χ0v) is 14.5. The predicted octanol–water partition coefficient (Wildman–Crippen LogP) is 2.51. The van der Waals surface area contributed by atoms with Crippen LogP contribution in [0.5, 0.6) is 0 Å². The number of hydrogen-bond donors (Lipinski definition) is 1. The lowest BCUT2D eigenvalue weighted by molar-refractivity contribution is -0.134. The molecule has 0 bridgehead atoms. The molecular weight excluding hydrogens is 316 g/mol. The highest BCUT2D eigenvalue weighted by Crippen LogP contribution is 2.17. The molecule has 2 aromatic rings. The van der Waals surface area contributed by atoms with Gasteiger partial charge in [-0.25, -0.2) is 0 Å². The van der Waals surface area contributed by atoms with E-state index in [9.17, 15) is 9.90 Å². The van der Waals surface area contributed by atoms with Gasteiger partial charge >= 0.3 is 0 Å². The van der Waals surface area contributed by atoms with Gasteiger partial charge < -0.3 is 14.4 Å². The molecular formula is C20H26N2O3. The number of likely N-dealkylation sites (tertiary alicyclic amines) is 1. The first-order valence-corrected chi connectivity index (χ1v) is 8.92.